The molecule has 1 heterocycles. The van der Waals surface area contributed by atoms with E-state index < -0.39 is 17.5 Å². The van der Waals surface area contributed by atoms with E-state index in [9.17, 15) is 9.59 Å². The van der Waals surface area contributed by atoms with Crippen LogP contribution in [0.1, 0.15) is 11.3 Å². The number of benzene rings is 1. The number of aryl methyl sites for hydroxylation is 1. The number of aromatic nitrogens is 2. The van der Waals surface area contributed by atoms with Crippen molar-refractivity contribution in [3.05, 3.63) is 58.1 Å². The number of nitrogens with one attached hydrogen (secondary N) is 1. The van der Waals surface area contributed by atoms with Gasteiger partial charge in [0.2, 0.25) is 5.91 Å². The molecule has 0 aliphatic rings. The van der Waals surface area contributed by atoms with Crippen LogP contribution in [0.15, 0.2) is 41.3 Å². The van der Waals surface area contributed by atoms with Crippen molar-refractivity contribution in [3.8, 4) is 0 Å². The number of carbonyl (C=O) groups excluding carboxylic acids is 1. The molecule has 0 aliphatic heterocycles. The van der Waals surface area contributed by atoms with E-state index in [2.05, 4.69) is 10.3 Å². The lowest BCUT2D eigenvalue weighted by Crippen LogP contribution is -2.40. The zero-order valence-corrected chi connectivity index (χ0v) is 12.9. The predicted octanol–water partition coefficient (Wildman–Crippen LogP) is 0.0525. The molecule has 0 fully saturated rings. The van der Waals surface area contributed by atoms with Gasteiger partial charge in [0.25, 0.3) is 5.56 Å². The molecule has 122 valence electrons. The Morgan fingerprint density at radius 1 is 1.39 bits per heavy atom. The Bertz CT molecular complexity index is 728. The second kappa shape index (κ2) is 7.55. The largest absolute Gasteiger partial charge is 0.395 e. The van der Waals surface area contributed by atoms with Crippen LogP contribution in [0.4, 0.5) is 5.82 Å². The number of nitrogens with zero attached hydrogens (tertiary/aromatic N) is 2. The number of anilines is 1. The minimum atomic E-state index is -0.747. The molecule has 23 heavy (non-hydrogen) atoms. The molecule has 1 aromatic carbocycles. The van der Waals surface area contributed by atoms with Crippen molar-refractivity contribution >= 4 is 11.7 Å². The average molecular weight is 316 g/mol. The van der Waals surface area contributed by atoms with Gasteiger partial charge in [-0.2, -0.15) is 0 Å². The molecule has 0 saturated carbocycles. The van der Waals surface area contributed by atoms with Crippen LogP contribution in [0.2, 0.25) is 0 Å². The summed E-state index contributed by atoms with van der Waals surface area (Å²) in [7, 11) is 0. The lowest BCUT2D eigenvalue weighted by atomic mass is 10.1. The second-order valence-corrected chi connectivity index (χ2v) is 5.22. The molecule has 0 saturated heterocycles. The van der Waals surface area contributed by atoms with Gasteiger partial charge in [-0.3, -0.25) is 9.59 Å². The maximum Gasteiger partial charge on any atom is 0.293 e. The normalized spacial score (nSPS) is 11.9. The maximum absolute atomic E-state index is 12.4. The Morgan fingerprint density at radius 3 is 2.70 bits per heavy atom. The van der Waals surface area contributed by atoms with Crippen molar-refractivity contribution in [2.75, 3.05) is 11.9 Å². The van der Waals surface area contributed by atoms with Crippen LogP contribution in [-0.4, -0.2) is 33.2 Å². The molecular formula is C16H20N4O3. The number of nitrogens with two attached hydrogens (primary N) is 1. The van der Waals surface area contributed by atoms with Crippen molar-refractivity contribution in [3.63, 3.8) is 0 Å². The molecule has 1 unspecified atom stereocenters. The van der Waals surface area contributed by atoms with Crippen molar-refractivity contribution < 1.29 is 9.90 Å². The molecule has 2 aromatic rings. The van der Waals surface area contributed by atoms with Crippen LogP contribution < -0.4 is 16.6 Å². The van der Waals surface area contributed by atoms with E-state index in [1.807, 2.05) is 30.3 Å². The van der Waals surface area contributed by atoms with Crippen LogP contribution in [0.3, 0.4) is 0 Å². The van der Waals surface area contributed by atoms with E-state index in [0.29, 0.717) is 12.1 Å². The van der Waals surface area contributed by atoms with Crippen molar-refractivity contribution in [2.24, 2.45) is 5.73 Å². The number of aliphatic hydroxyl groups excluding tert-OH is 1. The first-order chi connectivity index (χ1) is 11.0. The summed E-state index contributed by atoms with van der Waals surface area (Å²) >= 11 is 0. The SMILES string of the molecule is Cc1cnc(NC(Cc2ccccc2)C(N)=O)c(=O)n1CCO. The molecule has 0 bridgehead atoms. The van der Waals surface area contributed by atoms with Crippen molar-refractivity contribution in [1.82, 2.24) is 9.55 Å². The molecule has 0 radical (unpaired) electrons. The summed E-state index contributed by atoms with van der Waals surface area (Å²) in [6, 6.07) is 8.62. The molecule has 0 spiro atoms. The Labute approximate surface area is 133 Å². The number of hydrogen-bond acceptors (Lipinski definition) is 5. The zero-order chi connectivity index (χ0) is 16.8. The smallest absolute Gasteiger partial charge is 0.293 e. The van der Waals surface area contributed by atoms with Gasteiger partial charge in [0, 0.05) is 24.9 Å². The number of aliphatic hydroxyl groups is 1. The van der Waals surface area contributed by atoms with Crippen LogP contribution in [0, 0.1) is 6.92 Å². The highest BCUT2D eigenvalue weighted by Crippen LogP contribution is 2.07. The van der Waals surface area contributed by atoms with Gasteiger partial charge < -0.3 is 20.7 Å². The fourth-order valence-electron chi connectivity index (χ4n) is 2.29. The van der Waals surface area contributed by atoms with Crippen molar-refractivity contribution in [1.29, 1.82) is 0 Å². The summed E-state index contributed by atoms with van der Waals surface area (Å²) < 4.78 is 1.40. The highest BCUT2D eigenvalue weighted by Gasteiger charge is 2.19. The van der Waals surface area contributed by atoms with Crippen LogP contribution >= 0.6 is 0 Å². The summed E-state index contributed by atoms with van der Waals surface area (Å²) in [6.45, 7) is 1.73. The van der Waals surface area contributed by atoms with Gasteiger partial charge in [0.15, 0.2) is 5.82 Å². The minimum absolute atomic E-state index is 0.0452. The van der Waals surface area contributed by atoms with Gasteiger partial charge in [0.05, 0.1) is 6.61 Å². The van der Waals surface area contributed by atoms with E-state index >= 15 is 0 Å². The Balaban J connectivity index is 2.25. The topological polar surface area (TPSA) is 110 Å². The summed E-state index contributed by atoms with van der Waals surface area (Å²) in [5, 5.41) is 11.9. The molecule has 7 nitrogen and oxygen atoms in total. The first kappa shape index (κ1) is 16.7. The van der Waals surface area contributed by atoms with E-state index in [1.165, 1.54) is 10.8 Å². The van der Waals surface area contributed by atoms with E-state index in [4.69, 9.17) is 10.8 Å². The summed E-state index contributed by atoms with van der Waals surface area (Å²) in [5.41, 5.74) is 6.60. The van der Waals surface area contributed by atoms with Crippen molar-refractivity contribution in [2.45, 2.75) is 25.9 Å². The van der Waals surface area contributed by atoms with Gasteiger partial charge in [-0.1, -0.05) is 30.3 Å². The predicted molar refractivity (Wildman–Crippen MR) is 87.1 cm³/mol. The van der Waals surface area contributed by atoms with Gasteiger partial charge in [0.1, 0.15) is 6.04 Å². The highest BCUT2D eigenvalue weighted by molar-refractivity contribution is 5.82. The van der Waals surface area contributed by atoms with Gasteiger partial charge in [-0.25, -0.2) is 4.98 Å². The first-order valence-electron chi connectivity index (χ1n) is 7.30. The molecule has 2 rings (SSSR count). The number of hydrogen-bond donors (Lipinski definition) is 3. The van der Waals surface area contributed by atoms with E-state index in [-0.39, 0.29) is 19.0 Å². The standard InChI is InChI=1S/C16H20N4O3/c1-11-10-18-15(16(23)20(11)7-8-21)19-13(14(17)22)9-12-5-3-2-4-6-12/h2-6,10,13,21H,7-9H2,1H3,(H2,17,22)(H,18,19). The van der Waals surface area contributed by atoms with E-state index in [0.717, 1.165) is 5.56 Å². The zero-order valence-electron chi connectivity index (χ0n) is 12.9. The Kier molecular flexibility index (Phi) is 5.48. The summed E-state index contributed by atoms with van der Waals surface area (Å²) in [5.74, 6) is -0.520. The van der Waals surface area contributed by atoms with Gasteiger partial charge in [-0.15, -0.1) is 0 Å². The number of amides is 1. The molecule has 1 atom stereocenters. The van der Waals surface area contributed by atoms with Crippen LogP contribution in [0.5, 0.6) is 0 Å². The quantitative estimate of drug-likeness (QED) is 0.668. The molecule has 1 amide bonds. The fraction of sp³-hybridized carbons (Fsp3) is 0.312. The third kappa shape index (κ3) is 4.17. The lowest BCUT2D eigenvalue weighted by Gasteiger charge is -2.17. The fourth-order valence-corrected chi connectivity index (χ4v) is 2.29. The van der Waals surface area contributed by atoms with Gasteiger partial charge >= 0.3 is 0 Å². The number of primary amides is 1. The molecule has 1 aromatic heterocycles. The van der Waals surface area contributed by atoms with Crippen LogP contribution in [-0.2, 0) is 17.8 Å². The third-order valence-corrected chi connectivity index (χ3v) is 3.51. The molecule has 0 aliphatic carbocycles. The summed E-state index contributed by atoms with van der Waals surface area (Å²) in [6.07, 6.45) is 1.87. The Morgan fingerprint density at radius 2 is 2.09 bits per heavy atom. The highest BCUT2D eigenvalue weighted by atomic mass is 16.3. The maximum atomic E-state index is 12.4. The number of carbonyl (C=O) groups is 1. The monoisotopic (exact) mass is 316 g/mol. The molecular weight excluding hydrogens is 296 g/mol. The molecule has 7 heteroatoms. The second-order valence-electron chi connectivity index (χ2n) is 5.22. The van der Waals surface area contributed by atoms with Gasteiger partial charge in [-0.05, 0) is 12.5 Å². The van der Waals surface area contributed by atoms with Crippen LogP contribution in [0.25, 0.3) is 0 Å². The van der Waals surface area contributed by atoms with E-state index in [1.54, 1.807) is 6.92 Å². The third-order valence-electron chi connectivity index (χ3n) is 3.51. The number of rotatable bonds is 7. The minimum Gasteiger partial charge on any atom is -0.395 e. The lowest BCUT2D eigenvalue weighted by molar-refractivity contribution is -0.118. The Hall–Kier alpha value is -2.67. The first-order valence-corrected chi connectivity index (χ1v) is 7.30. The average Bonchev–Trinajstić information content (AvgIpc) is 2.54. The summed E-state index contributed by atoms with van der Waals surface area (Å²) in [4.78, 5) is 28.1. The molecule has 4 N–H and O–H groups in total.